The summed E-state index contributed by atoms with van der Waals surface area (Å²) >= 11 is 9.19. The zero-order chi connectivity index (χ0) is 17.6. The van der Waals surface area contributed by atoms with Gasteiger partial charge in [0.05, 0.1) is 28.8 Å². The highest BCUT2D eigenvalue weighted by atomic mass is 79.9. The van der Waals surface area contributed by atoms with E-state index in [-0.39, 0.29) is 18.2 Å². The molecule has 0 amide bonds. The summed E-state index contributed by atoms with van der Waals surface area (Å²) in [5.74, 6) is 0.0284. The largest absolute Gasteiger partial charge is 0.390 e. The molecule has 1 aliphatic rings. The average molecular weight is 419 g/mol. The van der Waals surface area contributed by atoms with Crippen LogP contribution in [0.1, 0.15) is 15.9 Å². The minimum Gasteiger partial charge on any atom is -0.390 e. The molecule has 7 heteroatoms. The van der Waals surface area contributed by atoms with E-state index in [1.165, 1.54) is 6.33 Å². The molecule has 25 heavy (non-hydrogen) atoms. The van der Waals surface area contributed by atoms with E-state index in [0.29, 0.717) is 27.7 Å². The maximum atomic E-state index is 13.1. The normalized spacial score (nSPS) is 13.6. The quantitative estimate of drug-likeness (QED) is 0.495. The smallest absolute Gasteiger partial charge is 0.196 e. The van der Waals surface area contributed by atoms with Crippen molar-refractivity contribution in [2.45, 2.75) is 6.10 Å². The first kappa shape index (κ1) is 16.4. The third-order valence-electron chi connectivity index (χ3n) is 4.22. The summed E-state index contributed by atoms with van der Waals surface area (Å²) in [6, 6.07) is 9.22. The molecule has 126 valence electrons. The molecule has 2 aromatic carbocycles. The second-order valence-corrected chi connectivity index (χ2v) is 6.95. The topological polar surface area (TPSA) is 75.1 Å². The number of benzene rings is 2. The lowest BCUT2D eigenvalue weighted by Crippen LogP contribution is -2.23. The summed E-state index contributed by atoms with van der Waals surface area (Å²) in [5.41, 5.74) is 3.98. The van der Waals surface area contributed by atoms with Crippen LogP contribution in [0.25, 0.3) is 22.2 Å². The van der Waals surface area contributed by atoms with Gasteiger partial charge in [0, 0.05) is 33.2 Å². The van der Waals surface area contributed by atoms with Gasteiger partial charge in [-0.25, -0.2) is 9.97 Å². The Labute approximate surface area is 157 Å². The van der Waals surface area contributed by atoms with Gasteiger partial charge in [0.25, 0.3) is 0 Å². The van der Waals surface area contributed by atoms with Crippen LogP contribution in [0.2, 0.25) is 0 Å². The number of aliphatic hydroxyl groups is 1. The van der Waals surface area contributed by atoms with Crippen LogP contribution in [0.4, 0.5) is 5.69 Å². The van der Waals surface area contributed by atoms with E-state index in [1.807, 2.05) is 18.2 Å². The summed E-state index contributed by atoms with van der Waals surface area (Å²) in [7, 11) is 0. The predicted molar refractivity (Wildman–Crippen MR) is 101 cm³/mol. The van der Waals surface area contributed by atoms with Crippen molar-refractivity contribution in [3.63, 3.8) is 0 Å². The highest BCUT2D eigenvalue weighted by Crippen LogP contribution is 2.42. The van der Waals surface area contributed by atoms with Crippen LogP contribution in [0.5, 0.6) is 0 Å². The number of aromatic nitrogens is 2. The Morgan fingerprint density at radius 1 is 1.24 bits per heavy atom. The van der Waals surface area contributed by atoms with Gasteiger partial charge >= 0.3 is 0 Å². The van der Waals surface area contributed by atoms with E-state index in [9.17, 15) is 9.90 Å². The van der Waals surface area contributed by atoms with E-state index in [4.69, 9.17) is 11.6 Å². The fourth-order valence-corrected chi connectivity index (χ4v) is 3.73. The Morgan fingerprint density at radius 3 is 2.76 bits per heavy atom. The number of alkyl halides is 1. The van der Waals surface area contributed by atoms with E-state index >= 15 is 0 Å². The maximum absolute atomic E-state index is 13.1. The molecule has 1 heterocycles. The number of rotatable bonds is 4. The number of hydrogen-bond donors (Lipinski definition) is 2. The fourth-order valence-electron chi connectivity index (χ4n) is 3.09. The van der Waals surface area contributed by atoms with Crippen molar-refractivity contribution in [3.8, 4) is 11.3 Å². The molecule has 0 saturated heterocycles. The van der Waals surface area contributed by atoms with Crippen molar-refractivity contribution >= 4 is 49.9 Å². The highest BCUT2D eigenvalue weighted by Gasteiger charge is 2.30. The van der Waals surface area contributed by atoms with Gasteiger partial charge in [-0.05, 0) is 22.0 Å². The molecule has 0 bridgehead atoms. The van der Waals surface area contributed by atoms with Crippen molar-refractivity contribution in [2.24, 2.45) is 0 Å². The third kappa shape index (κ3) is 2.61. The van der Waals surface area contributed by atoms with E-state index in [1.54, 1.807) is 12.1 Å². The second-order valence-electron chi connectivity index (χ2n) is 5.79. The van der Waals surface area contributed by atoms with Crippen LogP contribution < -0.4 is 5.32 Å². The maximum Gasteiger partial charge on any atom is 0.196 e. The standard InChI is InChI=1S/C18H13BrClN3O2/c19-12-5-13(21-7-9(24)6-20)14-15-16(22-8-23-17(12)15)10-3-1-2-4-11(10)18(14)25/h1-5,8-9,21,24H,6-7H2. The minimum atomic E-state index is -0.708. The Morgan fingerprint density at radius 2 is 2.00 bits per heavy atom. The molecular formula is C18H13BrClN3O2. The molecule has 5 nitrogen and oxygen atoms in total. The van der Waals surface area contributed by atoms with Crippen LogP contribution in [-0.2, 0) is 0 Å². The summed E-state index contributed by atoms with van der Waals surface area (Å²) in [4.78, 5) is 21.9. The SMILES string of the molecule is O=C1c2ccccc2-c2ncnc3c(Br)cc(NCC(O)CCl)c1c23. The van der Waals surface area contributed by atoms with Gasteiger partial charge in [0.2, 0.25) is 0 Å². The van der Waals surface area contributed by atoms with Gasteiger partial charge in [-0.2, -0.15) is 0 Å². The minimum absolute atomic E-state index is 0.0849. The molecule has 1 aliphatic carbocycles. The van der Waals surface area contributed by atoms with Crippen molar-refractivity contribution in [1.29, 1.82) is 0 Å². The summed E-state index contributed by atoms with van der Waals surface area (Å²) in [5, 5.41) is 13.6. The number of nitrogens with one attached hydrogen (secondary N) is 1. The average Bonchev–Trinajstić information content (AvgIpc) is 2.65. The molecule has 0 radical (unpaired) electrons. The number of halogens is 2. The number of carbonyl (C=O) groups is 1. The second kappa shape index (κ2) is 6.37. The molecule has 4 rings (SSSR count). The summed E-state index contributed by atoms with van der Waals surface area (Å²) in [6.45, 7) is 0.242. The number of aliphatic hydroxyl groups excluding tert-OH is 1. The fraction of sp³-hybridized carbons (Fsp3) is 0.167. The number of fused-ring (bicyclic) bond motifs is 2. The summed E-state index contributed by atoms with van der Waals surface area (Å²) in [6.07, 6.45) is 0.796. The van der Waals surface area contributed by atoms with Crippen molar-refractivity contribution in [2.75, 3.05) is 17.7 Å². The number of carbonyl (C=O) groups excluding carboxylic acids is 1. The zero-order valence-electron chi connectivity index (χ0n) is 13.0. The molecule has 0 fully saturated rings. The van der Waals surface area contributed by atoms with E-state index < -0.39 is 6.10 Å². The summed E-state index contributed by atoms with van der Waals surface area (Å²) < 4.78 is 0.755. The van der Waals surface area contributed by atoms with E-state index in [0.717, 1.165) is 15.7 Å². The molecular weight excluding hydrogens is 406 g/mol. The lowest BCUT2D eigenvalue weighted by atomic mass is 9.86. The van der Waals surface area contributed by atoms with E-state index in [2.05, 4.69) is 31.2 Å². The van der Waals surface area contributed by atoms with Gasteiger partial charge in [-0.3, -0.25) is 4.79 Å². The number of ketones is 1. The van der Waals surface area contributed by atoms with Crippen molar-refractivity contribution in [3.05, 3.63) is 52.3 Å². The molecule has 1 aromatic heterocycles. The van der Waals surface area contributed by atoms with Gasteiger partial charge < -0.3 is 10.4 Å². The van der Waals surface area contributed by atoms with Gasteiger partial charge in [0.15, 0.2) is 5.78 Å². The first-order valence-electron chi connectivity index (χ1n) is 7.71. The third-order valence-corrected chi connectivity index (χ3v) is 5.18. The Balaban J connectivity index is 2.00. The molecule has 1 unspecified atom stereocenters. The van der Waals surface area contributed by atoms with Gasteiger partial charge in [-0.1, -0.05) is 24.3 Å². The molecule has 2 N–H and O–H groups in total. The van der Waals surface area contributed by atoms with Crippen LogP contribution in [0, 0.1) is 0 Å². The first-order chi connectivity index (χ1) is 12.1. The van der Waals surface area contributed by atoms with Crippen molar-refractivity contribution < 1.29 is 9.90 Å². The lowest BCUT2D eigenvalue weighted by Gasteiger charge is -2.22. The molecule has 0 spiro atoms. The molecule has 0 saturated carbocycles. The van der Waals surface area contributed by atoms with Crippen molar-refractivity contribution in [1.82, 2.24) is 9.97 Å². The predicted octanol–water partition coefficient (Wildman–Crippen LogP) is 3.62. The highest BCUT2D eigenvalue weighted by molar-refractivity contribution is 9.10. The monoisotopic (exact) mass is 417 g/mol. The molecule has 1 atom stereocenters. The number of anilines is 1. The Hall–Kier alpha value is -2.02. The first-order valence-corrected chi connectivity index (χ1v) is 9.03. The Bertz CT molecular complexity index is 1010. The van der Waals surface area contributed by atoms with Crippen LogP contribution in [0.3, 0.4) is 0 Å². The van der Waals surface area contributed by atoms with Crippen LogP contribution >= 0.6 is 27.5 Å². The molecule has 3 aromatic rings. The Kier molecular flexibility index (Phi) is 4.19. The molecule has 0 aliphatic heterocycles. The van der Waals surface area contributed by atoms with Gasteiger partial charge in [0.1, 0.15) is 6.33 Å². The number of nitrogens with zero attached hydrogens (tertiary/aromatic N) is 2. The zero-order valence-corrected chi connectivity index (χ0v) is 15.3. The lowest BCUT2D eigenvalue weighted by molar-refractivity contribution is 0.104. The van der Waals surface area contributed by atoms with Crippen LogP contribution in [-0.4, -0.2) is 39.4 Å². The van der Waals surface area contributed by atoms with Gasteiger partial charge in [-0.15, -0.1) is 11.6 Å². The number of hydrogen-bond acceptors (Lipinski definition) is 5. The van der Waals surface area contributed by atoms with Crippen LogP contribution in [0.15, 0.2) is 41.1 Å².